The topological polar surface area (TPSA) is 111 Å². The Bertz CT molecular complexity index is 1060. The summed E-state index contributed by atoms with van der Waals surface area (Å²) in [6.07, 6.45) is 2.64. The molecule has 8 heteroatoms. The molecule has 1 aliphatic rings. The molecule has 7 nitrogen and oxygen atoms in total. The number of anilines is 1. The van der Waals surface area contributed by atoms with E-state index in [1.54, 1.807) is 48.5 Å². The summed E-state index contributed by atoms with van der Waals surface area (Å²) in [5, 5.41) is 11.6. The number of hydrogen-bond acceptors (Lipinski definition) is 5. The van der Waals surface area contributed by atoms with E-state index in [1.165, 1.54) is 0 Å². The van der Waals surface area contributed by atoms with Gasteiger partial charge in [0, 0.05) is 24.2 Å². The molecule has 2 aromatic rings. The van der Waals surface area contributed by atoms with Gasteiger partial charge in [-0.3, -0.25) is 14.5 Å². The van der Waals surface area contributed by atoms with Crippen molar-refractivity contribution in [2.45, 2.75) is 30.6 Å². The molecular formula is C20H20N4O3S. The summed E-state index contributed by atoms with van der Waals surface area (Å²) in [5.41, 5.74) is 1.71. The van der Waals surface area contributed by atoms with Crippen LogP contribution >= 0.6 is 0 Å². The molecule has 0 aliphatic carbocycles. The molecule has 0 saturated heterocycles. The Balaban J connectivity index is 1.41. The Labute approximate surface area is 164 Å². The van der Waals surface area contributed by atoms with Crippen molar-refractivity contribution in [3.8, 4) is 6.07 Å². The molecule has 1 amide bonds. The number of fused-ring (bicyclic) bond motifs is 1. The lowest BCUT2D eigenvalue weighted by Crippen LogP contribution is -2.22. The summed E-state index contributed by atoms with van der Waals surface area (Å²) in [6.45, 7) is 0.484. The summed E-state index contributed by atoms with van der Waals surface area (Å²) in [7, 11) is -3.50. The number of nitrogens with one attached hydrogen (secondary N) is 2. The van der Waals surface area contributed by atoms with Crippen LogP contribution in [0.5, 0.6) is 0 Å². The van der Waals surface area contributed by atoms with Gasteiger partial charge in [-0.1, -0.05) is 24.6 Å². The molecule has 0 radical (unpaired) electrons. The van der Waals surface area contributed by atoms with E-state index in [4.69, 9.17) is 5.26 Å². The summed E-state index contributed by atoms with van der Waals surface area (Å²) in [6, 6.07) is 15.6. The van der Waals surface area contributed by atoms with Gasteiger partial charge in [-0.05, 0) is 43.2 Å². The lowest BCUT2D eigenvalue weighted by Gasteiger charge is -2.05. The average molecular weight is 396 g/mol. The highest BCUT2D eigenvalue weighted by molar-refractivity contribution is 7.90. The highest BCUT2D eigenvalue weighted by atomic mass is 32.2. The van der Waals surface area contributed by atoms with Crippen molar-refractivity contribution in [3.63, 3.8) is 0 Å². The van der Waals surface area contributed by atoms with Crippen molar-refractivity contribution in [1.82, 2.24) is 4.72 Å². The van der Waals surface area contributed by atoms with Gasteiger partial charge in [0.15, 0.2) is 0 Å². The van der Waals surface area contributed by atoms with Gasteiger partial charge in [-0.25, -0.2) is 8.42 Å². The molecule has 3 rings (SSSR count). The molecule has 0 spiro atoms. The number of aliphatic imine (C=N–C) groups is 1. The molecule has 2 N–H and O–H groups in total. The van der Waals surface area contributed by atoms with E-state index in [-0.39, 0.29) is 10.8 Å². The molecule has 0 unspecified atom stereocenters. The molecule has 2 aromatic carbocycles. The van der Waals surface area contributed by atoms with Crippen LogP contribution in [0.3, 0.4) is 0 Å². The van der Waals surface area contributed by atoms with E-state index in [0.717, 1.165) is 12.8 Å². The average Bonchev–Trinajstić information content (AvgIpc) is 2.95. The van der Waals surface area contributed by atoms with Crippen molar-refractivity contribution in [2.75, 3.05) is 11.9 Å². The van der Waals surface area contributed by atoms with E-state index in [9.17, 15) is 13.2 Å². The maximum Gasteiger partial charge on any atom is 0.263 e. The minimum atomic E-state index is -3.50. The quantitative estimate of drug-likeness (QED) is 0.701. The van der Waals surface area contributed by atoms with Gasteiger partial charge in [0.2, 0.25) is 5.91 Å². The number of amides is 1. The van der Waals surface area contributed by atoms with Crippen LogP contribution in [0.1, 0.15) is 36.8 Å². The van der Waals surface area contributed by atoms with Gasteiger partial charge < -0.3 is 5.32 Å². The van der Waals surface area contributed by atoms with Crippen molar-refractivity contribution >= 4 is 27.5 Å². The number of carbonyl (C=O) groups excluding carboxylic acids is 1. The summed E-state index contributed by atoms with van der Waals surface area (Å²) in [5.74, 6) is 0.282. The van der Waals surface area contributed by atoms with Crippen molar-refractivity contribution in [2.24, 2.45) is 4.99 Å². The van der Waals surface area contributed by atoms with Gasteiger partial charge in [-0.15, -0.1) is 0 Å². The van der Waals surface area contributed by atoms with Gasteiger partial charge in [0.25, 0.3) is 10.0 Å². The summed E-state index contributed by atoms with van der Waals surface area (Å²) in [4.78, 5) is 16.6. The normalized spacial score (nSPS) is 15.5. The van der Waals surface area contributed by atoms with E-state index in [0.29, 0.717) is 42.0 Å². The van der Waals surface area contributed by atoms with Gasteiger partial charge in [0.1, 0.15) is 5.84 Å². The number of nitrogens with zero attached hydrogens (tertiary/aromatic N) is 2. The number of benzene rings is 2. The Morgan fingerprint density at radius 3 is 2.75 bits per heavy atom. The predicted octanol–water partition coefficient (Wildman–Crippen LogP) is 2.80. The Hall–Kier alpha value is -3.18. The first-order valence-electron chi connectivity index (χ1n) is 8.96. The largest absolute Gasteiger partial charge is 0.326 e. The Morgan fingerprint density at radius 2 is 1.93 bits per heavy atom. The van der Waals surface area contributed by atoms with Gasteiger partial charge in [0.05, 0.1) is 16.5 Å². The fourth-order valence-electron chi connectivity index (χ4n) is 2.91. The predicted molar refractivity (Wildman–Crippen MR) is 106 cm³/mol. The van der Waals surface area contributed by atoms with E-state index in [1.807, 2.05) is 6.07 Å². The first-order chi connectivity index (χ1) is 13.5. The number of rotatable bonds is 7. The lowest BCUT2D eigenvalue weighted by molar-refractivity contribution is -0.116. The van der Waals surface area contributed by atoms with Crippen LogP contribution in [0.15, 0.2) is 58.4 Å². The van der Waals surface area contributed by atoms with E-state index >= 15 is 0 Å². The molecule has 0 atom stereocenters. The number of hydrogen-bond donors (Lipinski definition) is 2. The molecule has 1 aliphatic heterocycles. The second-order valence-electron chi connectivity index (χ2n) is 6.38. The first-order valence-corrected chi connectivity index (χ1v) is 10.4. The zero-order chi connectivity index (χ0) is 20.0. The van der Waals surface area contributed by atoms with E-state index < -0.39 is 10.0 Å². The molecule has 28 heavy (non-hydrogen) atoms. The second kappa shape index (κ2) is 8.67. The number of sulfonamides is 1. The molecular weight excluding hydrogens is 376 g/mol. The first kappa shape index (κ1) is 19.6. The number of carbonyl (C=O) groups is 1. The minimum Gasteiger partial charge on any atom is -0.326 e. The van der Waals surface area contributed by atoms with Gasteiger partial charge in [-0.2, -0.15) is 5.26 Å². The molecule has 0 aromatic heterocycles. The van der Waals surface area contributed by atoms with Gasteiger partial charge >= 0.3 is 0 Å². The maximum absolute atomic E-state index is 12.0. The van der Waals surface area contributed by atoms with Crippen LogP contribution in [-0.2, 0) is 14.8 Å². The van der Waals surface area contributed by atoms with Crippen LogP contribution < -0.4 is 10.0 Å². The summed E-state index contributed by atoms with van der Waals surface area (Å²) >= 11 is 0. The van der Waals surface area contributed by atoms with Crippen molar-refractivity contribution < 1.29 is 13.2 Å². The molecule has 0 fully saturated rings. The van der Waals surface area contributed by atoms with Crippen LogP contribution in [0.25, 0.3) is 0 Å². The fraction of sp³-hybridized carbons (Fsp3) is 0.250. The lowest BCUT2D eigenvalue weighted by atomic mass is 10.1. The SMILES string of the molecule is N#Cc1cccc(NC(=O)CCCCCN=C2NS(=O)(=O)c3ccccc32)c1. The third-order valence-electron chi connectivity index (χ3n) is 4.27. The second-order valence-corrected chi connectivity index (χ2v) is 8.03. The third-order valence-corrected chi connectivity index (χ3v) is 5.67. The fourth-order valence-corrected chi connectivity index (χ4v) is 4.16. The number of unbranched alkanes of at least 4 members (excludes halogenated alkanes) is 2. The van der Waals surface area contributed by atoms with Crippen molar-refractivity contribution in [3.05, 3.63) is 59.7 Å². The Kier molecular flexibility index (Phi) is 6.06. The minimum absolute atomic E-state index is 0.0983. The zero-order valence-electron chi connectivity index (χ0n) is 15.2. The zero-order valence-corrected chi connectivity index (χ0v) is 16.0. The standard InChI is InChI=1S/C20H20N4O3S/c21-14-15-7-6-8-16(13-15)23-19(25)11-2-1-5-12-22-20-17-9-3-4-10-18(17)28(26,27)24-20/h3-4,6-10,13H,1-2,5,11-12H2,(H,22,24)(H,23,25). The maximum atomic E-state index is 12.0. The highest BCUT2D eigenvalue weighted by Gasteiger charge is 2.29. The monoisotopic (exact) mass is 396 g/mol. The molecule has 1 heterocycles. The van der Waals surface area contributed by atoms with Crippen molar-refractivity contribution in [1.29, 1.82) is 5.26 Å². The van der Waals surface area contributed by atoms with Crippen LogP contribution in [0.2, 0.25) is 0 Å². The highest BCUT2D eigenvalue weighted by Crippen LogP contribution is 2.22. The van der Waals surface area contributed by atoms with Crippen LogP contribution in [-0.4, -0.2) is 26.7 Å². The molecule has 0 bridgehead atoms. The summed E-state index contributed by atoms with van der Waals surface area (Å²) < 4.78 is 26.5. The van der Waals surface area contributed by atoms with Crippen LogP contribution in [0, 0.1) is 11.3 Å². The van der Waals surface area contributed by atoms with Crippen LogP contribution in [0.4, 0.5) is 5.69 Å². The number of nitriles is 1. The third kappa shape index (κ3) is 4.75. The Morgan fingerprint density at radius 1 is 1.11 bits per heavy atom. The molecule has 0 saturated carbocycles. The number of amidine groups is 1. The molecule has 144 valence electrons. The van der Waals surface area contributed by atoms with E-state index in [2.05, 4.69) is 15.0 Å². The smallest absolute Gasteiger partial charge is 0.263 e.